The highest BCUT2D eigenvalue weighted by Crippen LogP contribution is 2.48. The normalized spacial score (nSPS) is 16.6. The molecule has 0 aliphatic heterocycles. The molecule has 3 N–H and O–H groups in total. The fraction of sp³-hybridized carbons (Fsp3) is 0.417. The first-order valence-corrected chi connectivity index (χ1v) is 5.35. The van der Waals surface area contributed by atoms with E-state index in [0.717, 1.165) is 12.8 Å². The lowest BCUT2D eigenvalue weighted by atomic mass is 9.94. The number of carbonyl (C=O) groups is 1. The molecule has 1 aliphatic carbocycles. The van der Waals surface area contributed by atoms with Crippen molar-refractivity contribution in [3.8, 4) is 5.75 Å². The average molecular weight is 239 g/mol. The summed E-state index contributed by atoms with van der Waals surface area (Å²) in [5.74, 6) is -2.08. The van der Waals surface area contributed by atoms with E-state index < -0.39 is 11.8 Å². The van der Waals surface area contributed by atoms with Gasteiger partial charge in [-0.25, -0.2) is 9.18 Å². The van der Waals surface area contributed by atoms with Crippen molar-refractivity contribution in [2.24, 2.45) is 5.73 Å². The number of hydrogen-bond donors (Lipinski definition) is 2. The zero-order valence-corrected chi connectivity index (χ0v) is 9.50. The molecular formula is C12H14FNO3. The smallest absolute Gasteiger partial charge is 0.339 e. The van der Waals surface area contributed by atoms with E-state index in [1.165, 1.54) is 19.2 Å². The highest BCUT2D eigenvalue weighted by atomic mass is 19.1. The molecule has 1 aromatic rings. The van der Waals surface area contributed by atoms with Crippen LogP contribution < -0.4 is 10.5 Å². The molecule has 92 valence electrons. The molecule has 1 aliphatic rings. The first-order valence-electron chi connectivity index (χ1n) is 5.35. The average Bonchev–Trinajstić information content (AvgIpc) is 3.08. The van der Waals surface area contributed by atoms with Gasteiger partial charge < -0.3 is 15.6 Å². The minimum atomic E-state index is -1.20. The third-order valence-electron chi connectivity index (χ3n) is 3.33. The van der Waals surface area contributed by atoms with Gasteiger partial charge in [0.05, 0.1) is 7.11 Å². The molecule has 0 unspecified atom stereocenters. The Balaban J connectivity index is 2.54. The molecule has 17 heavy (non-hydrogen) atoms. The van der Waals surface area contributed by atoms with E-state index in [-0.39, 0.29) is 16.7 Å². The third-order valence-corrected chi connectivity index (χ3v) is 3.33. The van der Waals surface area contributed by atoms with Crippen LogP contribution in [0.15, 0.2) is 12.1 Å². The Morgan fingerprint density at radius 2 is 2.24 bits per heavy atom. The molecule has 0 amide bonds. The van der Waals surface area contributed by atoms with Crippen LogP contribution in [0.25, 0.3) is 0 Å². The standard InChI is InChI=1S/C12H14FNO3/c1-17-10-8(11(15)16)4-7(5-9(10)13)12(6-14)2-3-12/h4-5H,2-3,6,14H2,1H3,(H,15,16). The van der Waals surface area contributed by atoms with Crippen LogP contribution in [0.2, 0.25) is 0 Å². The predicted octanol–water partition coefficient (Wildman–Crippen LogP) is 1.52. The van der Waals surface area contributed by atoms with E-state index in [9.17, 15) is 9.18 Å². The molecule has 0 spiro atoms. The van der Waals surface area contributed by atoms with Crippen LogP contribution in [0.1, 0.15) is 28.8 Å². The first-order chi connectivity index (χ1) is 8.04. The highest BCUT2D eigenvalue weighted by Gasteiger charge is 2.43. The number of rotatable bonds is 4. The fourth-order valence-electron chi connectivity index (χ4n) is 2.03. The second-order valence-corrected chi connectivity index (χ2v) is 4.33. The number of methoxy groups -OCH3 is 1. The van der Waals surface area contributed by atoms with Crippen LogP contribution >= 0.6 is 0 Å². The number of ether oxygens (including phenoxy) is 1. The number of halogens is 1. The van der Waals surface area contributed by atoms with E-state index >= 15 is 0 Å². The molecule has 1 saturated carbocycles. The SMILES string of the molecule is COc1c(F)cc(C2(CN)CC2)cc1C(=O)O. The van der Waals surface area contributed by atoms with Gasteiger partial charge in [0, 0.05) is 12.0 Å². The maximum absolute atomic E-state index is 13.7. The van der Waals surface area contributed by atoms with Crippen molar-refractivity contribution in [1.29, 1.82) is 0 Å². The molecule has 0 radical (unpaired) electrons. The van der Waals surface area contributed by atoms with Gasteiger partial charge in [0.2, 0.25) is 0 Å². The molecule has 0 saturated heterocycles. The molecule has 4 nitrogen and oxygen atoms in total. The van der Waals surface area contributed by atoms with E-state index in [2.05, 4.69) is 0 Å². The quantitative estimate of drug-likeness (QED) is 0.835. The summed E-state index contributed by atoms with van der Waals surface area (Å²) in [6, 6.07) is 2.79. The lowest BCUT2D eigenvalue weighted by molar-refractivity contribution is 0.0692. The first kappa shape index (κ1) is 11.9. The second kappa shape index (κ2) is 4.00. The van der Waals surface area contributed by atoms with Gasteiger partial charge in [-0.1, -0.05) is 0 Å². The molecule has 5 heteroatoms. The van der Waals surface area contributed by atoms with E-state index in [4.69, 9.17) is 15.6 Å². The lowest BCUT2D eigenvalue weighted by Gasteiger charge is -2.15. The van der Waals surface area contributed by atoms with Crippen molar-refractivity contribution in [2.45, 2.75) is 18.3 Å². The zero-order chi connectivity index (χ0) is 12.6. The minimum absolute atomic E-state index is 0.151. The molecule has 0 heterocycles. The van der Waals surface area contributed by atoms with Gasteiger partial charge >= 0.3 is 5.97 Å². The van der Waals surface area contributed by atoms with Gasteiger partial charge in [-0.05, 0) is 30.5 Å². The summed E-state index contributed by atoms with van der Waals surface area (Å²) in [5.41, 5.74) is 5.91. The van der Waals surface area contributed by atoms with Crippen molar-refractivity contribution in [2.75, 3.05) is 13.7 Å². The summed E-state index contributed by atoms with van der Waals surface area (Å²) < 4.78 is 18.5. The van der Waals surface area contributed by atoms with E-state index in [0.29, 0.717) is 12.1 Å². The molecule has 1 fully saturated rings. The molecule has 1 aromatic carbocycles. The number of aromatic carboxylic acids is 1. The van der Waals surface area contributed by atoms with Gasteiger partial charge in [0.15, 0.2) is 11.6 Å². The number of hydrogen-bond acceptors (Lipinski definition) is 3. The predicted molar refractivity (Wildman–Crippen MR) is 59.9 cm³/mol. The Morgan fingerprint density at radius 3 is 2.65 bits per heavy atom. The Labute approximate surface area is 98.2 Å². The van der Waals surface area contributed by atoms with Crippen LogP contribution in [-0.2, 0) is 5.41 Å². The number of benzene rings is 1. The largest absolute Gasteiger partial charge is 0.493 e. The highest BCUT2D eigenvalue weighted by molar-refractivity contribution is 5.91. The van der Waals surface area contributed by atoms with Crippen LogP contribution in [0.3, 0.4) is 0 Å². The van der Waals surface area contributed by atoms with E-state index in [1.54, 1.807) is 0 Å². The van der Waals surface area contributed by atoms with Gasteiger partial charge in [0.1, 0.15) is 5.56 Å². The maximum atomic E-state index is 13.7. The van der Waals surface area contributed by atoms with Crippen LogP contribution in [0, 0.1) is 5.82 Å². The van der Waals surface area contributed by atoms with Crippen LogP contribution in [0.5, 0.6) is 5.75 Å². The summed E-state index contributed by atoms with van der Waals surface area (Å²) in [5, 5.41) is 9.03. The maximum Gasteiger partial charge on any atom is 0.339 e. The monoisotopic (exact) mass is 239 g/mol. The minimum Gasteiger partial charge on any atom is -0.493 e. The van der Waals surface area contributed by atoms with Gasteiger partial charge in [-0.2, -0.15) is 0 Å². The molecule has 0 atom stereocenters. The molecule has 2 rings (SSSR count). The summed E-state index contributed by atoms with van der Waals surface area (Å²) in [6.45, 7) is 0.401. The second-order valence-electron chi connectivity index (χ2n) is 4.33. The zero-order valence-electron chi connectivity index (χ0n) is 9.50. The summed E-state index contributed by atoms with van der Waals surface area (Å²) >= 11 is 0. The topological polar surface area (TPSA) is 72.5 Å². The van der Waals surface area contributed by atoms with Gasteiger partial charge in [-0.15, -0.1) is 0 Å². The van der Waals surface area contributed by atoms with Crippen LogP contribution in [0.4, 0.5) is 4.39 Å². The third kappa shape index (κ3) is 1.86. The molecule has 0 bridgehead atoms. The Morgan fingerprint density at radius 1 is 1.59 bits per heavy atom. The lowest BCUT2D eigenvalue weighted by Crippen LogP contribution is -2.20. The molecule has 0 aromatic heterocycles. The van der Waals surface area contributed by atoms with Crippen molar-refractivity contribution >= 4 is 5.97 Å². The molecular weight excluding hydrogens is 225 g/mol. The van der Waals surface area contributed by atoms with Crippen molar-refractivity contribution in [3.63, 3.8) is 0 Å². The Bertz CT molecular complexity index is 469. The van der Waals surface area contributed by atoms with Crippen molar-refractivity contribution in [3.05, 3.63) is 29.1 Å². The van der Waals surface area contributed by atoms with E-state index in [1.807, 2.05) is 0 Å². The number of carboxylic acids is 1. The van der Waals surface area contributed by atoms with Crippen LogP contribution in [-0.4, -0.2) is 24.7 Å². The summed E-state index contributed by atoms with van der Waals surface area (Å²) in [7, 11) is 1.25. The number of carboxylic acid groups (broad SMARTS) is 1. The Hall–Kier alpha value is -1.62. The Kier molecular flexibility index (Phi) is 2.79. The van der Waals surface area contributed by atoms with Gasteiger partial charge in [0.25, 0.3) is 0 Å². The van der Waals surface area contributed by atoms with Crippen molar-refractivity contribution in [1.82, 2.24) is 0 Å². The van der Waals surface area contributed by atoms with Crippen molar-refractivity contribution < 1.29 is 19.0 Å². The van der Waals surface area contributed by atoms with Gasteiger partial charge in [-0.3, -0.25) is 0 Å². The fourth-order valence-corrected chi connectivity index (χ4v) is 2.03. The summed E-state index contributed by atoms with van der Waals surface area (Å²) in [4.78, 5) is 11.0. The summed E-state index contributed by atoms with van der Waals surface area (Å²) in [6.07, 6.45) is 1.74. The number of nitrogens with two attached hydrogens (primary N) is 1.